The zero-order valence-corrected chi connectivity index (χ0v) is 19.3. The summed E-state index contributed by atoms with van der Waals surface area (Å²) >= 11 is 0. The van der Waals surface area contributed by atoms with Gasteiger partial charge in [0.1, 0.15) is 11.0 Å². The predicted molar refractivity (Wildman–Crippen MR) is 145 cm³/mol. The summed E-state index contributed by atoms with van der Waals surface area (Å²) in [6, 6.07) is 36.5. The van der Waals surface area contributed by atoms with Crippen molar-refractivity contribution < 1.29 is 8.83 Å². The van der Waals surface area contributed by atoms with Crippen molar-refractivity contribution in [2.24, 2.45) is 0 Å². The molecular weight excluding hydrogens is 444 g/mol. The molecule has 0 aliphatic carbocycles. The summed E-state index contributed by atoms with van der Waals surface area (Å²) in [6.07, 6.45) is 4.19. The molecule has 0 spiro atoms. The minimum atomic E-state index is 0.631. The Bertz CT molecular complexity index is 1840. The van der Waals surface area contributed by atoms with Crippen LogP contribution < -0.4 is 0 Å². The number of hydrogen-bond acceptors (Lipinski definition) is 4. The lowest BCUT2D eigenvalue weighted by molar-refractivity contribution is 0.619. The van der Waals surface area contributed by atoms with Crippen LogP contribution in [0.3, 0.4) is 0 Å². The third-order valence-electron chi connectivity index (χ3n) is 6.36. The van der Waals surface area contributed by atoms with E-state index in [4.69, 9.17) is 13.8 Å². The second-order valence-electron chi connectivity index (χ2n) is 8.72. The van der Waals surface area contributed by atoms with Crippen LogP contribution in [0.25, 0.3) is 68.0 Å². The van der Waals surface area contributed by atoms with E-state index in [1.54, 1.807) is 0 Å². The summed E-state index contributed by atoms with van der Waals surface area (Å²) < 4.78 is 11.9. The standard InChI is InChI=1S/C32H20N2O2/c1-2-6-26-23(5-1)19-20-29-30(26)34-32(36-29)25-17-13-22(14-18-25)10-9-21-11-15-24(16-12-21)31-33-27-7-3-4-8-28(27)35-31/h1-20H. The SMILES string of the molecule is C(=Cc1ccc(-c2nc3c(ccc4ccccc43)o2)cc1)c1ccc(-c2nc3ccccc3o2)cc1. The summed E-state index contributed by atoms with van der Waals surface area (Å²) in [6.45, 7) is 0. The van der Waals surface area contributed by atoms with Gasteiger partial charge in [0.15, 0.2) is 11.2 Å². The fourth-order valence-electron chi connectivity index (χ4n) is 4.45. The van der Waals surface area contributed by atoms with E-state index in [-0.39, 0.29) is 0 Å². The van der Waals surface area contributed by atoms with E-state index in [9.17, 15) is 0 Å². The van der Waals surface area contributed by atoms with Gasteiger partial charge in [-0.25, -0.2) is 9.97 Å². The zero-order chi connectivity index (χ0) is 23.9. The first-order valence-electron chi connectivity index (χ1n) is 11.8. The molecule has 5 aromatic carbocycles. The van der Waals surface area contributed by atoms with Gasteiger partial charge in [-0.05, 0) is 59.0 Å². The lowest BCUT2D eigenvalue weighted by Gasteiger charge is -1.99. The lowest BCUT2D eigenvalue weighted by Crippen LogP contribution is -1.80. The van der Waals surface area contributed by atoms with Crippen LogP contribution in [-0.4, -0.2) is 9.97 Å². The smallest absolute Gasteiger partial charge is 0.227 e. The average molecular weight is 465 g/mol. The average Bonchev–Trinajstić information content (AvgIpc) is 3.57. The van der Waals surface area contributed by atoms with Crippen LogP contribution in [0.1, 0.15) is 11.1 Å². The molecule has 2 heterocycles. The number of benzene rings is 5. The third-order valence-corrected chi connectivity index (χ3v) is 6.36. The molecule has 36 heavy (non-hydrogen) atoms. The van der Waals surface area contributed by atoms with Crippen molar-refractivity contribution in [2.75, 3.05) is 0 Å². The van der Waals surface area contributed by atoms with Gasteiger partial charge >= 0.3 is 0 Å². The van der Waals surface area contributed by atoms with Gasteiger partial charge in [0.2, 0.25) is 11.8 Å². The maximum absolute atomic E-state index is 6.06. The minimum Gasteiger partial charge on any atom is -0.436 e. The fraction of sp³-hybridized carbons (Fsp3) is 0. The Morgan fingerprint density at radius 2 is 1.11 bits per heavy atom. The second-order valence-corrected chi connectivity index (χ2v) is 8.72. The number of aromatic nitrogens is 2. The van der Waals surface area contributed by atoms with E-state index in [0.717, 1.165) is 55.2 Å². The zero-order valence-electron chi connectivity index (χ0n) is 19.3. The highest BCUT2D eigenvalue weighted by Gasteiger charge is 2.11. The van der Waals surface area contributed by atoms with Gasteiger partial charge < -0.3 is 8.83 Å². The Balaban J connectivity index is 1.10. The highest BCUT2D eigenvalue weighted by Crippen LogP contribution is 2.30. The van der Waals surface area contributed by atoms with Crippen LogP contribution in [0.4, 0.5) is 0 Å². The Morgan fingerprint density at radius 3 is 1.83 bits per heavy atom. The summed E-state index contributed by atoms with van der Waals surface area (Å²) in [5.74, 6) is 1.26. The number of oxazole rings is 2. The van der Waals surface area contributed by atoms with Crippen molar-refractivity contribution in [1.82, 2.24) is 9.97 Å². The van der Waals surface area contributed by atoms with Gasteiger partial charge in [0.05, 0.1) is 0 Å². The topological polar surface area (TPSA) is 52.1 Å². The van der Waals surface area contributed by atoms with Gasteiger partial charge in [0, 0.05) is 16.5 Å². The van der Waals surface area contributed by atoms with Gasteiger partial charge in [-0.2, -0.15) is 0 Å². The first-order chi connectivity index (χ1) is 17.8. The maximum Gasteiger partial charge on any atom is 0.227 e. The molecule has 0 saturated heterocycles. The molecule has 4 nitrogen and oxygen atoms in total. The summed E-state index contributed by atoms with van der Waals surface area (Å²) in [5.41, 5.74) is 7.47. The van der Waals surface area contributed by atoms with Crippen molar-refractivity contribution in [2.45, 2.75) is 0 Å². The number of nitrogens with zero attached hydrogens (tertiary/aromatic N) is 2. The second kappa shape index (κ2) is 8.36. The van der Waals surface area contributed by atoms with Crippen molar-refractivity contribution in [1.29, 1.82) is 0 Å². The summed E-state index contributed by atoms with van der Waals surface area (Å²) in [4.78, 5) is 9.35. The quantitative estimate of drug-likeness (QED) is 0.245. The normalized spacial score (nSPS) is 11.8. The van der Waals surface area contributed by atoms with Crippen LogP contribution in [0.2, 0.25) is 0 Å². The van der Waals surface area contributed by atoms with Crippen molar-refractivity contribution in [3.8, 4) is 22.9 Å². The molecule has 0 aliphatic rings. The van der Waals surface area contributed by atoms with E-state index in [1.807, 2.05) is 66.7 Å². The molecule has 7 aromatic rings. The first-order valence-corrected chi connectivity index (χ1v) is 11.8. The molecule has 7 rings (SSSR count). The fourth-order valence-corrected chi connectivity index (χ4v) is 4.45. The number of hydrogen-bond donors (Lipinski definition) is 0. The molecule has 4 heteroatoms. The van der Waals surface area contributed by atoms with E-state index in [2.05, 4.69) is 59.6 Å². The van der Waals surface area contributed by atoms with Crippen LogP contribution in [0.15, 0.2) is 118 Å². The number of fused-ring (bicyclic) bond motifs is 4. The molecule has 0 unspecified atom stereocenters. The van der Waals surface area contributed by atoms with Crippen molar-refractivity contribution in [3.63, 3.8) is 0 Å². The molecule has 0 bridgehead atoms. The Kier molecular flexibility index (Phi) is 4.74. The highest BCUT2D eigenvalue weighted by atomic mass is 16.4. The van der Waals surface area contributed by atoms with Crippen LogP contribution in [0.5, 0.6) is 0 Å². The molecule has 0 amide bonds. The molecule has 0 aliphatic heterocycles. The largest absolute Gasteiger partial charge is 0.436 e. The number of para-hydroxylation sites is 2. The van der Waals surface area contributed by atoms with Crippen LogP contribution >= 0.6 is 0 Å². The summed E-state index contributed by atoms with van der Waals surface area (Å²) in [5, 5.41) is 2.26. The van der Waals surface area contributed by atoms with Crippen LogP contribution in [-0.2, 0) is 0 Å². The molecule has 0 saturated carbocycles. The molecule has 0 N–H and O–H groups in total. The van der Waals surface area contributed by atoms with E-state index < -0.39 is 0 Å². The summed E-state index contributed by atoms with van der Waals surface area (Å²) in [7, 11) is 0. The minimum absolute atomic E-state index is 0.631. The molecular formula is C32H20N2O2. The highest BCUT2D eigenvalue weighted by molar-refractivity contribution is 6.04. The van der Waals surface area contributed by atoms with Crippen molar-refractivity contribution >= 4 is 45.1 Å². The molecule has 0 radical (unpaired) electrons. The Labute approximate surface area is 207 Å². The number of rotatable bonds is 4. The Morgan fingerprint density at radius 1 is 0.500 bits per heavy atom. The monoisotopic (exact) mass is 464 g/mol. The van der Waals surface area contributed by atoms with Gasteiger partial charge in [-0.3, -0.25) is 0 Å². The lowest BCUT2D eigenvalue weighted by atomic mass is 10.1. The molecule has 0 fully saturated rings. The molecule has 170 valence electrons. The van der Waals surface area contributed by atoms with Crippen molar-refractivity contribution in [3.05, 3.63) is 120 Å². The predicted octanol–water partition coefficient (Wildman–Crippen LogP) is 8.63. The van der Waals surface area contributed by atoms with Gasteiger partial charge in [-0.15, -0.1) is 0 Å². The van der Waals surface area contributed by atoms with E-state index in [1.165, 1.54) is 0 Å². The first kappa shape index (κ1) is 20.4. The van der Waals surface area contributed by atoms with E-state index >= 15 is 0 Å². The van der Waals surface area contributed by atoms with Crippen LogP contribution in [0, 0.1) is 0 Å². The van der Waals surface area contributed by atoms with Gasteiger partial charge in [-0.1, -0.05) is 78.9 Å². The Hall–Kier alpha value is -4.96. The van der Waals surface area contributed by atoms with Gasteiger partial charge in [0.25, 0.3) is 0 Å². The molecule has 2 aromatic heterocycles. The molecule has 0 atom stereocenters. The third kappa shape index (κ3) is 3.65. The van der Waals surface area contributed by atoms with E-state index in [0.29, 0.717) is 11.8 Å². The maximum atomic E-state index is 6.06.